The molecule has 1 saturated heterocycles. The Morgan fingerprint density at radius 2 is 2.06 bits per heavy atom. The Kier molecular flexibility index (Phi) is 1.79. The molecule has 16 heavy (non-hydrogen) atoms. The Morgan fingerprint density at radius 1 is 1.31 bits per heavy atom. The highest BCUT2D eigenvalue weighted by Gasteiger charge is 2.43. The standard InChI is InChI=1S/C14H15NO/c1-14-7-8-15(2)13(14)9-12(16)10-5-3-4-6-11(10)14/h3-6,9H,7-8H2,1-2H3. The first-order valence-corrected chi connectivity index (χ1v) is 5.70. The lowest BCUT2D eigenvalue weighted by molar-refractivity contribution is 0.103. The molecule has 3 rings (SSSR count). The number of rotatable bonds is 0. The molecule has 2 aliphatic rings. The molecule has 0 bridgehead atoms. The summed E-state index contributed by atoms with van der Waals surface area (Å²) in [4.78, 5) is 14.2. The van der Waals surface area contributed by atoms with Crippen molar-refractivity contribution in [2.75, 3.05) is 13.6 Å². The number of carbonyl (C=O) groups excluding carboxylic acids is 1. The van der Waals surface area contributed by atoms with Crippen LogP contribution in [0.15, 0.2) is 36.0 Å². The van der Waals surface area contributed by atoms with Crippen molar-refractivity contribution < 1.29 is 4.79 Å². The summed E-state index contributed by atoms with van der Waals surface area (Å²) < 4.78 is 0. The fourth-order valence-corrected chi connectivity index (χ4v) is 2.98. The minimum atomic E-state index is 0.0409. The zero-order valence-electron chi connectivity index (χ0n) is 9.66. The Labute approximate surface area is 95.6 Å². The molecule has 0 spiro atoms. The fraction of sp³-hybridized carbons (Fsp3) is 0.357. The van der Waals surface area contributed by atoms with Crippen molar-refractivity contribution in [1.82, 2.24) is 4.90 Å². The number of nitrogens with zero attached hydrogens (tertiary/aromatic N) is 1. The van der Waals surface area contributed by atoms with Crippen LogP contribution in [0.4, 0.5) is 0 Å². The fourth-order valence-electron chi connectivity index (χ4n) is 2.98. The van der Waals surface area contributed by atoms with E-state index in [1.165, 1.54) is 11.3 Å². The van der Waals surface area contributed by atoms with E-state index in [0.717, 1.165) is 18.5 Å². The van der Waals surface area contributed by atoms with Gasteiger partial charge in [0.05, 0.1) is 0 Å². The van der Waals surface area contributed by atoms with Gasteiger partial charge >= 0.3 is 0 Å². The molecule has 1 aliphatic carbocycles. The summed E-state index contributed by atoms with van der Waals surface area (Å²) in [6.45, 7) is 3.28. The topological polar surface area (TPSA) is 20.3 Å². The summed E-state index contributed by atoms with van der Waals surface area (Å²) in [6.07, 6.45) is 2.91. The van der Waals surface area contributed by atoms with Crippen LogP contribution in [-0.2, 0) is 5.41 Å². The molecule has 82 valence electrons. The van der Waals surface area contributed by atoms with Crippen molar-refractivity contribution in [2.24, 2.45) is 0 Å². The summed E-state index contributed by atoms with van der Waals surface area (Å²) in [5.74, 6) is 0.150. The highest BCUT2D eigenvalue weighted by molar-refractivity contribution is 6.08. The van der Waals surface area contributed by atoms with E-state index >= 15 is 0 Å². The molecule has 0 radical (unpaired) electrons. The predicted molar refractivity (Wildman–Crippen MR) is 63.5 cm³/mol. The van der Waals surface area contributed by atoms with E-state index < -0.39 is 0 Å². The third kappa shape index (κ3) is 1.04. The summed E-state index contributed by atoms with van der Waals surface area (Å²) in [5, 5.41) is 0. The number of benzene rings is 1. The Bertz CT molecular complexity index is 503. The zero-order valence-corrected chi connectivity index (χ0v) is 9.66. The van der Waals surface area contributed by atoms with Gasteiger partial charge < -0.3 is 4.90 Å². The van der Waals surface area contributed by atoms with Crippen LogP contribution in [0.1, 0.15) is 29.3 Å². The lowest BCUT2D eigenvalue weighted by atomic mass is 9.73. The summed E-state index contributed by atoms with van der Waals surface area (Å²) in [6, 6.07) is 8.00. The van der Waals surface area contributed by atoms with Gasteiger partial charge in [-0.3, -0.25) is 4.79 Å². The number of hydrogen-bond acceptors (Lipinski definition) is 2. The van der Waals surface area contributed by atoms with Gasteiger partial charge in [0.2, 0.25) is 0 Å². The maximum atomic E-state index is 12.0. The first kappa shape index (κ1) is 9.64. The van der Waals surface area contributed by atoms with Gasteiger partial charge in [-0.1, -0.05) is 24.3 Å². The van der Waals surface area contributed by atoms with Crippen molar-refractivity contribution in [3.05, 3.63) is 47.2 Å². The van der Waals surface area contributed by atoms with Crippen molar-refractivity contribution in [2.45, 2.75) is 18.8 Å². The van der Waals surface area contributed by atoms with E-state index in [1.54, 1.807) is 0 Å². The zero-order chi connectivity index (χ0) is 11.3. The predicted octanol–water partition coefficient (Wildman–Crippen LogP) is 2.36. The SMILES string of the molecule is CN1CCC2(C)C1=CC(=O)c1ccccc12. The number of likely N-dealkylation sites (N-methyl/N-ethyl adjacent to an activating group) is 1. The smallest absolute Gasteiger partial charge is 0.187 e. The first-order valence-electron chi connectivity index (χ1n) is 5.70. The molecule has 1 atom stereocenters. The summed E-state index contributed by atoms with van der Waals surface area (Å²) in [5.41, 5.74) is 3.29. The average Bonchev–Trinajstić information content (AvgIpc) is 2.59. The van der Waals surface area contributed by atoms with Gasteiger partial charge in [0.1, 0.15) is 0 Å². The highest BCUT2D eigenvalue weighted by Crippen LogP contribution is 2.45. The summed E-state index contributed by atoms with van der Waals surface area (Å²) >= 11 is 0. The molecule has 0 aromatic heterocycles. The third-order valence-corrected chi connectivity index (χ3v) is 3.98. The molecule has 0 N–H and O–H groups in total. The third-order valence-electron chi connectivity index (χ3n) is 3.98. The van der Waals surface area contributed by atoms with Crippen LogP contribution in [0.5, 0.6) is 0 Å². The second-order valence-electron chi connectivity index (χ2n) is 4.94. The van der Waals surface area contributed by atoms with Crippen LogP contribution in [-0.4, -0.2) is 24.3 Å². The molecular weight excluding hydrogens is 198 g/mol. The molecule has 2 nitrogen and oxygen atoms in total. The van der Waals surface area contributed by atoms with E-state index in [0.29, 0.717) is 0 Å². The second-order valence-corrected chi connectivity index (χ2v) is 4.94. The van der Waals surface area contributed by atoms with Gasteiger partial charge in [-0.15, -0.1) is 0 Å². The van der Waals surface area contributed by atoms with Crippen LogP contribution in [0.25, 0.3) is 0 Å². The molecule has 2 heteroatoms. The molecule has 1 fully saturated rings. The molecule has 1 aliphatic heterocycles. The quantitative estimate of drug-likeness (QED) is 0.659. The molecule has 0 amide bonds. The van der Waals surface area contributed by atoms with Gasteiger partial charge in [-0.05, 0) is 18.9 Å². The number of carbonyl (C=O) groups is 1. The minimum absolute atomic E-state index is 0.0409. The number of allylic oxidation sites excluding steroid dienone is 2. The summed E-state index contributed by atoms with van der Waals surface area (Å²) in [7, 11) is 2.07. The van der Waals surface area contributed by atoms with Gasteiger partial charge in [0.15, 0.2) is 5.78 Å². The van der Waals surface area contributed by atoms with E-state index in [9.17, 15) is 4.79 Å². The van der Waals surface area contributed by atoms with E-state index in [2.05, 4.69) is 24.9 Å². The van der Waals surface area contributed by atoms with Crippen molar-refractivity contribution >= 4 is 5.78 Å². The largest absolute Gasteiger partial charge is 0.377 e. The van der Waals surface area contributed by atoms with E-state index in [-0.39, 0.29) is 11.2 Å². The lowest BCUT2D eigenvalue weighted by Crippen LogP contribution is -2.30. The normalized spacial score (nSPS) is 27.5. The number of fused-ring (bicyclic) bond motifs is 3. The van der Waals surface area contributed by atoms with Crippen molar-refractivity contribution in [3.8, 4) is 0 Å². The van der Waals surface area contributed by atoms with Crippen molar-refractivity contribution in [3.63, 3.8) is 0 Å². The molecule has 1 unspecified atom stereocenters. The van der Waals surface area contributed by atoms with Gasteiger partial charge in [-0.2, -0.15) is 0 Å². The second kappa shape index (κ2) is 2.97. The van der Waals surface area contributed by atoms with Gasteiger partial charge in [-0.25, -0.2) is 0 Å². The maximum absolute atomic E-state index is 12.0. The minimum Gasteiger partial charge on any atom is -0.377 e. The number of likely N-dealkylation sites (tertiary alicyclic amines) is 1. The van der Waals surface area contributed by atoms with Crippen LogP contribution >= 0.6 is 0 Å². The van der Waals surface area contributed by atoms with Crippen molar-refractivity contribution in [1.29, 1.82) is 0 Å². The number of hydrogen-bond donors (Lipinski definition) is 0. The van der Waals surface area contributed by atoms with Crippen LogP contribution in [0.3, 0.4) is 0 Å². The molecular formula is C14H15NO. The lowest BCUT2D eigenvalue weighted by Gasteiger charge is -2.32. The van der Waals surface area contributed by atoms with E-state index in [1.807, 2.05) is 24.3 Å². The molecule has 1 aromatic rings. The number of ketones is 1. The molecule has 0 saturated carbocycles. The highest BCUT2D eigenvalue weighted by atomic mass is 16.1. The maximum Gasteiger partial charge on any atom is 0.187 e. The monoisotopic (exact) mass is 213 g/mol. The molecule has 1 aromatic carbocycles. The van der Waals surface area contributed by atoms with Gasteiger partial charge in [0, 0.05) is 36.3 Å². The Balaban J connectivity index is 2.27. The van der Waals surface area contributed by atoms with Gasteiger partial charge in [0.25, 0.3) is 0 Å². The Hall–Kier alpha value is -1.57. The van der Waals surface area contributed by atoms with Crippen LogP contribution in [0.2, 0.25) is 0 Å². The first-order chi connectivity index (χ1) is 7.63. The Morgan fingerprint density at radius 3 is 2.88 bits per heavy atom. The molecule has 1 heterocycles. The van der Waals surface area contributed by atoms with E-state index in [4.69, 9.17) is 0 Å². The van der Waals surface area contributed by atoms with Crippen LogP contribution < -0.4 is 0 Å². The average molecular weight is 213 g/mol. The van der Waals surface area contributed by atoms with Crippen LogP contribution in [0, 0.1) is 0 Å².